The highest BCUT2D eigenvalue weighted by Gasteiger charge is 2.51. The second-order valence-corrected chi connectivity index (χ2v) is 12.2. The highest BCUT2D eigenvalue weighted by molar-refractivity contribution is 7.12. The van der Waals surface area contributed by atoms with Gasteiger partial charge in [0.05, 0.1) is 36.0 Å². The van der Waals surface area contributed by atoms with Gasteiger partial charge in [0.2, 0.25) is 5.60 Å². The Morgan fingerprint density at radius 2 is 1.65 bits per heavy atom. The molecule has 4 aromatic rings. The van der Waals surface area contributed by atoms with Gasteiger partial charge >= 0.3 is 5.97 Å². The summed E-state index contributed by atoms with van der Waals surface area (Å²) in [5, 5.41) is 17.8. The van der Waals surface area contributed by atoms with Gasteiger partial charge in [0, 0.05) is 30.6 Å². The van der Waals surface area contributed by atoms with Gasteiger partial charge in [0.15, 0.2) is 6.10 Å². The van der Waals surface area contributed by atoms with E-state index >= 15 is 0 Å². The Balaban J connectivity index is 1.10. The van der Waals surface area contributed by atoms with Crippen LogP contribution in [0.4, 0.5) is 0 Å². The Kier molecular flexibility index (Phi) is 6.80. The van der Waals surface area contributed by atoms with Gasteiger partial charge in [-0.3, -0.25) is 0 Å². The Morgan fingerprint density at radius 1 is 0.946 bits per heavy atom. The second kappa shape index (κ2) is 10.2. The number of esters is 1. The molecule has 0 unspecified atom stereocenters. The van der Waals surface area contributed by atoms with Gasteiger partial charge in [-0.25, -0.2) is 4.79 Å². The van der Waals surface area contributed by atoms with E-state index in [0.29, 0.717) is 22.3 Å². The molecule has 192 valence electrons. The van der Waals surface area contributed by atoms with Crippen molar-refractivity contribution in [1.82, 2.24) is 0 Å². The molecule has 3 fully saturated rings. The normalized spacial score (nSPS) is 23.3. The largest absolute Gasteiger partial charge is 0.493 e. The molecule has 1 atom stereocenters. The maximum absolute atomic E-state index is 13.5. The SMILES string of the molecule is O=C(O[C@H]1C[N+]2(CCCOc3cccc4ccccc34)CCC1CC2)C(O)(c1cccs1)c1cccs1. The summed E-state index contributed by atoms with van der Waals surface area (Å²) in [6, 6.07) is 21.8. The van der Waals surface area contributed by atoms with Crippen LogP contribution in [0, 0.1) is 5.92 Å². The summed E-state index contributed by atoms with van der Waals surface area (Å²) in [7, 11) is 0. The third-order valence-electron chi connectivity index (χ3n) is 8.13. The fourth-order valence-electron chi connectivity index (χ4n) is 6.09. The van der Waals surface area contributed by atoms with E-state index in [2.05, 4.69) is 18.2 Å². The Hall–Kier alpha value is -2.71. The van der Waals surface area contributed by atoms with E-state index < -0.39 is 11.6 Å². The molecule has 5 heterocycles. The molecule has 3 aliphatic heterocycles. The van der Waals surface area contributed by atoms with E-state index in [1.165, 1.54) is 28.1 Å². The highest BCUT2D eigenvalue weighted by Crippen LogP contribution is 2.40. The monoisotopic (exact) mass is 534 g/mol. The van der Waals surface area contributed by atoms with Gasteiger partial charge < -0.3 is 19.1 Å². The first-order chi connectivity index (χ1) is 18.1. The molecular weight excluding hydrogens is 502 g/mol. The van der Waals surface area contributed by atoms with Crippen molar-refractivity contribution < 1.29 is 23.9 Å². The van der Waals surface area contributed by atoms with Gasteiger partial charge in [-0.2, -0.15) is 0 Å². The number of aliphatic hydroxyl groups is 1. The van der Waals surface area contributed by atoms with Crippen LogP contribution < -0.4 is 4.74 Å². The third kappa shape index (κ3) is 4.70. The molecule has 0 aliphatic carbocycles. The molecule has 0 amide bonds. The molecule has 37 heavy (non-hydrogen) atoms. The number of nitrogens with zero attached hydrogens (tertiary/aromatic N) is 1. The van der Waals surface area contributed by atoms with Crippen molar-refractivity contribution in [3.05, 3.63) is 87.2 Å². The van der Waals surface area contributed by atoms with E-state index in [0.717, 1.165) is 61.1 Å². The lowest BCUT2D eigenvalue weighted by Gasteiger charge is -2.52. The minimum absolute atomic E-state index is 0.166. The molecule has 2 aromatic heterocycles. The van der Waals surface area contributed by atoms with Crippen LogP contribution >= 0.6 is 22.7 Å². The summed E-state index contributed by atoms with van der Waals surface area (Å²) in [4.78, 5) is 14.8. The molecule has 0 saturated carbocycles. The van der Waals surface area contributed by atoms with Crippen molar-refractivity contribution in [2.75, 3.05) is 32.8 Å². The number of thiophene rings is 2. The number of benzene rings is 2. The molecule has 0 spiro atoms. The van der Waals surface area contributed by atoms with Crippen LogP contribution in [0.25, 0.3) is 10.8 Å². The lowest BCUT2D eigenvalue weighted by molar-refractivity contribution is -0.946. The Labute approximate surface area is 225 Å². The number of quaternary nitrogens is 1. The quantitative estimate of drug-likeness (QED) is 0.167. The van der Waals surface area contributed by atoms with E-state index in [4.69, 9.17) is 9.47 Å². The summed E-state index contributed by atoms with van der Waals surface area (Å²) < 4.78 is 13.3. The molecule has 2 bridgehead atoms. The van der Waals surface area contributed by atoms with Gasteiger partial charge in [-0.05, 0) is 34.3 Å². The maximum Gasteiger partial charge on any atom is 0.349 e. The van der Waals surface area contributed by atoms with Crippen molar-refractivity contribution in [2.45, 2.75) is 31.0 Å². The van der Waals surface area contributed by atoms with Crippen LogP contribution in [0.1, 0.15) is 29.0 Å². The van der Waals surface area contributed by atoms with Crippen LogP contribution in [-0.2, 0) is 15.1 Å². The Bertz CT molecular complexity index is 1300. The molecule has 1 N–H and O–H groups in total. The molecule has 3 saturated heterocycles. The summed E-state index contributed by atoms with van der Waals surface area (Å²) in [5.74, 6) is 0.754. The number of hydrogen-bond donors (Lipinski definition) is 1. The number of carbonyl (C=O) groups is 1. The average molecular weight is 535 g/mol. The summed E-state index contributed by atoms with van der Waals surface area (Å²) in [6.07, 6.45) is 2.89. The van der Waals surface area contributed by atoms with Crippen LogP contribution in [0.5, 0.6) is 5.75 Å². The smallest absolute Gasteiger partial charge is 0.349 e. The zero-order valence-electron chi connectivity index (χ0n) is 20.8. The topological polar surface area (TPSA) is 55.8 Å². The van der Waals surface area contributed by atoms with Crippen LogP contribution in [0.2, 0.25) is 0 Å². The zero-order valence-corrected chi connectivity index (χ0v) is 22.4. The standard InChI is InChI=1S/C30H32NO4S2/c32-29(30(33,27-11-4-19-36-27)28-12-5-20-37-28)35-26-21-31(16-13-23(26)14-17-31)15-6-18-34-25-10-3-8-22-7-1-2-9-24(22)25/h1-5,7-12,19-20,23,26,33H,6,13-18,21H2/q+1/t23?,26-,31?/m0/s1. The van der Waals surface area contributed by atoms with Crippen LogP contribution in [-0.4, -0.2) is 54.4 Å². The van der Waals surface area contributed by atoms with Crippen molar-refractivity contribution in [3.63, 3.8) is 0 Å². The van der Waals surface area contributed by atoms with E-state index in [9.17, 15) is 9.90 Å². The first-order valence-electron chi connectivity index (χ1n) is 13.0. The molecule has 2 aromatic carbocycles. The van der Waals surface area contributed by atoms with Gasteiger partial charge in [-0.1, -0.05) is 48.5 Å². The molecule has 0 radical (unpaired) electrons. The van der Waals surface area contributed by atoms with E-state index in [-0.39, 0.29) is 6.10 Å². The average Bonchev–Trinajstić information content (AvgIpc) is 3.67. The number of carbonyl (C=O) groups excluding carboxylic acids is 1. The first-order valence-corrected chi connectivity index (χ1v) is 14.8. The summed E-state index contributed by atoms with van der Waals surface area (Å²) >= 11 is 2.77. The minimum atomic E-state index is -1.74. The Morgan fingerprint density at radius 3 is 2.35 bits per heavy atom. The fourth-order valence-corrected chi connectivity index (χ4v) is 7.80. The molecular formula is C30H32NO4S2+. The highest BCUT2D eigenvalue weighted by atomic mass is 32.1. The minimum Gasteiger partial charge on any atom is -0.493 e. The van der Waals surface area contributed by atoms with Crippen molar-refractivity contribution in [3.8, 4) is 5.75 Å². The van der Waals surface area contributed by atoms with Crippen molar-refractivity contribution in [1.29, 1.82) is 0 Å². The first kappa shape index (κ1) is 24.6. The lowest BCUT2D eigenvalue weighted by atomic mass is 9.83. The number of rotatable bonds is 9. The number of ether oxygens (including phenoxy) is 2. The third-order valence-corrected chi connectivity index (χ3v) is 10.1. The number of fused-ring (bicyclic) bond motifs is 4. The van der Waals surface area contributed by atoms with Crippen molar-refractivity contribution in [2.24, 2.45) is 5.92 Å². The van der Waals surface area contributed by atoms with Crippen LogP contribution in [0.3, 0.4) is 0 Å². The number of hydrogen-bond acceptors (Lipinski definition) is 6. The summed E-state index contributed by atoms with van der Waals surface area (Å²) in [6.45, 7) is 4.72. The van der Waals surface area contributed by atoms with Gasteiger partial charge in [-0.15, -0.1) is 22.7 Å². The van der Waals surface area contributed by atoms with Gasteiger partial charge in [0.1, 0.15) is 12.3 Å². The van der Waals surface area contributed by atoms with Crippen molar-refractivity contribution >= 4 is 39.4 Å². The maximum atomic E-state index is 13.5. The molecule has 7 heteroatoms. The van der Waals surface area contributed by atoms with Crippen LogP contribution in [0.15, 0.2) is 77.5 Å². The van der Waals surface area contributed by atoms with E-state index in [1.807, 2.05) is 59.3 Å². The molecule has 7 rings (SSSR count). The number of piperidine rings is 3. The fraction of sp³-hybridized carbons (Fsp3) is 0.367. The van der Waals surface area contributed by atoms with Gasteiger partial charge in [0.25, 0.3) is 0 Å². The second-order valence-electron chi connectivity index (χ2n) is 10.3. The van der Waals surface area contributed by atoms with E-state index in [1.54, 1.807) is 0 Å². The predicted molar refractivity (Wildman–Crippen MR) is 148 cm³/mol. The lowest BCUT2D eigenvalue weighted by Crippen LogP contribution is -2.65. The zero-order chi connectivity index (χ0) is 25.3. The molecule has 5 nitrogen and oxygen atoms in total. The predicted octanol–water partition coefficient (Wildman–Crippen LogP) is 5.82. The molecule has 3 aliphatic rings. The summed E-state index contributed by atoms with van der Waals surface area (Å²) in [5.41, 5.74) is -1.74.